The first kappa shape index (κ1) is 12.8. The molecule has 0 radical (unpaired) electrons. The maximum absolute atomic E-state index is 9.80. The predicted molar refractivity (Wildman–Crippen MR) is 67.2 cm³/mol. The maximum atomic E-state index is 9.80. The van der Waals surface area contributed by atoms with Gasteiger partial charge in [-0.1, -0.05) is 20.8 Å². The molecule has 0 saturated carbocycles. The van der Waals surface area contributed by atoms with Crippen molar-refractivity contribution in [1.82, 2.24) is 4.98 Å². The largest absolute Gasteiger partial charge is 0.397 e. The van der Waals surface area contributed by atoms with Gasteiger partial charge in [-0.25, -0.2) is 0 Å². The van der Waals surface area contributed by atoms with Gasteiger partial charge in [-0.3, -0.25) is 4.98 Å². The van der Waals surface area contributed by atoms with Crippen LogP contribution < -0.4 is 11.1 Å². The number of nitrogen functional groups attached to an aromatic ring is 1. The van der Waals surface area contributed by atoms with Crippen LogP contribution in [-0.2, 0) is 0 Å². The van der Waals surface area contributed by atoms with E-state index in [1.54, 1.807) is 18.5 Å². The highest BCUT2D eigenvalue weighted by Crippen LogP contribution is 2.21. The molecule has 4 N–H and O–H groups in total. The Bertz CT molecular complexity index is 333. The fourth-order valence-corrected chi connectivity index (χ4v) is 1.57. The number of aliphatic hydroxyl groups is 1. The van der Waals surface area contributed by atoms with Crippen molar-refractivity contribution >= 4 is 11.4 Å². The number of aliphatic hydroxyl groups excluding tert-OH is 1. The molecule has 1 unspecified atom stereocenters. The lowest BCUT2D eigenvalue weighted by molar-refractivity contribution is 0.132. The van der Waals surface area contributed by atoms with Crippen LogP contribution in [0.3, 0.4) is 0 Å². The molecule has 0 aliphatic heterocycles. The minimum Gasteiger partial charge on any atom is -0.397 e. The second-order valence-corrected chi connectivity index (χ2v) is 5.31. The van der Waals surface area contributed by atoms with Crippen LogP contribution in [0.2, 0.25) is 0 Å². The molecule has 1 aromatic heterocycles. The number of nitrogens with zero attached hydrogens (tertiary/aromatic N) is 1. The van der Waals surface area contributed by atoms with Crippen LogP contribution >= 0.6 is 0 Å². The normalized spacial score (nSPS) is 13.5. The van der Waals surface area contributed by atoms with E-state index in [2.05, 4.69) is 31.1 Å². The number of anilines is 2. The van der Waals surface area contributed by atoms with Crippen LogP contribution in [0, 0.1) is 5.41 Å². The summed E-state index contributed by atoms with van der Waals surface area (Å²) in [6.07, 6.45) is 3.69. The van der Waals surface area contributed by atoms with Gasteiger partial charge in [0.1, 0.15) is 0 Å². The van der Waals surface area contributed by atoms with Crippen LogP contribution in [0.4, 0.5) is 11.4 Å². The quantitative estimate of drug-likeness (QED) is 0.728. The Kier molecular flexibility index (Phi) is 4.12. The summed E-state index contributed by atoms with van der Waals surface area (Å²) in [6.45, 7) is 6.84. The van der Waals surface area contributed by atoms with Gasteiger partial charge in [0.25, 0.3) is 0 Å². The summed E-state index contributed by atoms with van der Waals surface area (Å²) < 4.78 is 0. The summed E-state index contributed by atoms with van der Waals surface area (Å²) in [5.41, 5.74) is 7.20. The van der Waals surface area contributed by atoms with Crippen molar-refractivity contribution in [2.24, 2.45) is 5.41 Å². The first-order valence-corrected chi connectivity index (χ1v) is 5.49. The molecule has 0 aliphatic rings. The Morgan fingerprint density at radius 3 is 2.69 bits per heavy atom. The van der Waals surface area contributed by atoms with Gasteiger partial charge in [0, 0.05) is 12.7 Å². The average Bonchev–Trinajstić information content (AvgIpc) is 2.12. The van der Waals surface area contributed by atoms with Crippen molar-refractivity contribution in [3.63, 3.8) is 0 Å². The Morgan fingerprint density at radius 1 is 1.44 bits per heavy atom. The van der Waals surface area contributed by atoms with Gasteiger partial charge >= 0.3 is 0 Å². The van der Waals surface area contributed by atoms with Crippen molar-refractivity contribution in [2.75, 3.05) is 17.6 Å². The molecule has 1 aromatic rings. The third-order valence-corrected chi connectivity index (χ3v) is 2.15. The molecule has 0 aromatic carbocycles. The van der Waals surface area contributed by atoms with E-state index in [0.717, 1.165) is 12.1 Å². The van der Waals surface area contributed by atoms with Crippen LogP contribution in [0.15, 0.2) is 18.5 Å². The molecule has 1 atom stereocenters. The first-order valence-electron chi connectivity index (χ1n) is 5.49. The number of rotatable bonds is 4. The Balaban J connectivity index is 2.40. The van der Waals surface area contributed by atoms with E-state index in [1.165, 1.54) is 0 Å². The van der Waals surface area contributed by atoms with Crippen LogP contribution in [0.1, 0.15) is 27.2 Å². The van der Waals surface area contributed by atoms with Crippen molar-refractivity contribution < 1.29 is 5.11 Å². The van der Waals surface area contributed by atoms with Gasteiger partial charge in [0.15, 0.2) is 0 Å². The highest BCUT2D eigenvalue weighted by Gasteiger charge is 2.16. The first-order chi connectivity index (χ1) is 7.37. The monoisotopic (exact) mass is 223 g/mol. The van der Waals surface area contributed by atoms with E-state index in [4.69, 9.17) is 5.73 Å². The van der Waals surface area contributed by atoms with Gasteiger partial charge < -0.3 is 16.2 Å². The van der Waals surface area contributed by atoms with Gasteiger partial charge in [-0.15, -0.1) is 0 Å². The molecule has 0 saturated heterocycles. The molecule has 0 fully saturated rings. The van der Waals surface area contributed by atoms with Gasteiger partial charge in [0.05, 0.1) is 23.7 Å². The third-order valence-electron chi connectivity index (χ3n) is 2.15. The van der Waals surface area contributed by atoms with Crippen molar-refractivity contribution in [2.45, 2.75) is 33.3 Å². The second kappa shape index (κ2) is 5.16. The Labute approximate surface area is 96.9 Å². The number of hydrogen-bond acceptors (Lipinski definition) is 4. The molecule has 4 heteroatoms. The maximum Gasteiger partial charge on any atom is 0.0717 e. The minimum atomic E-state index is -0.360. The zero-order valence-electron chi connectivity index (χ0n) is 10.2. The molecule has 0 aliphatic carbocycles. The molecular formula is C12H21N3O. The lowest BCUT2D eigenvalue weighted by atomic mass is 9.89. The van der Waals surface area contributed by atoms with E-state index in [1.807, 2.05) is 0 Å². The third kappa shape index (κ3) is 4.98. The molecular weight excluding hydrogens is 202 g/mol. The van der Waals surface area contributed by atoms with E-state index >= 15 is 0 Å². The van der Waals surface area contributed by atoms with Crippen molar-refractivity contribution in [3.8, 4) is 0 Å². The molecule has 16 heavy (non-hydrogen) atoms. The molecule has 1 rings (SSSR count). The number of pyridine rings is 1. The lowest BCUT2D eigenvalue weighted by Gasteiger charge is -2.22. The fourth-order valence-electron chi connectivity index (χ4n) is 1.57. The van der Waals surface area contributed by atoms with E-state index < -0.39 is 0 Å². The molecule has 0 spiro atoms. The number of hydrogen-bond donors (Lipinski definition) is 3. The van der Waals surface area contributed by atoms with Crippen LogP contribution in [0.25, 0.3) is 0 Å². The summed E-state index contributed by atoms with van der Waals surface area (Å²) in [5, 5.41) is 12.9. The topological polar surface area (TPSA) is 71.2 Å². The van der Waals surface area contributed by atoms with Gasteiger partial charge in [-0.05, 0) is 17.9 Å². The average molecular weight is 223 g/mol. The number of nitrogens with one attached hydrogen (secondary N) is 1. The molecule has 0 amide bonds. The van der Waals surface area contributed by atoms with Crippen molar-refractivity contribution in [1.29, 1.82) is 0 Å². The summed E-state index contributed by atoms with van der Waals surface area (Å²) in [6, 6.07) is 1.80. The standard InChI is InChI=1S/C12H21N3O/c1-12(2,3)5-11(16)8-15-10-4-9(13)6-14-7-10/h4,6-7,11,15-16H,5,8,13H2,1-3H3. The highest BCUT2D eigenvalue weighted by molar-refractivity contribution is 5.51. The minimum absolute atomic E-state index is 0.134. The fraction of sp³-hybridized carbons (Fsp3) is 0.583. The number of nitrogens with two attached hydrogens (primary N) is 1. The number of aromatic nitrogens is 1. The van der Waals surface area contributed by atoms with Crippen LogP contribution in [0.5, 0.6) is 0 Å². The van der Waals surface area contributed by atoms with Crippen molar-refractivity contribution in [3.05, 3.63) is 18.5 Å². The SMILES string of the molecule is CC(C)(C)CC(O)CNc1cncc(N)c1. The van der Waals surface area contributed by atoms with Gasteiger partial charge in [0.2, 0.25) is 0 Å². The van der Waals surface area contributed by atoms with E-state index in [-0.39, 0.29) is 11.5 Å². The smallest absolute Gasteiger partial charge is 0.0717 e. The predicted octanol–water partition coefficient (Wildman–Crippen LogP) is 1.87. The molecule has 4 nitrogen and oxygen atoms in total. The molecule has 90 valence electrons. The van der Waals surface area contributed by atoms with E-state index in [9.17, 15) is 5.11 Å². The Morgan fingerprint density at radius 2 is 2.12 bits per heavy atom. The second-order valence-electron chi connectivity index (χ2n) is 5.31. The van der Waals surface area contributed by atoms with Crippen LogP contribution in [-0.4, -0.2) is 22.7 Å². The lowest BCUT2D eigenvalue weighted by Crippen LogP contribution is -2.25. The van der Waals surface area contributed by atoms with Gasteiger partial charge in [-0.2, -0.15) is 0 Å². The summed E-state index contributed by atoms with van der Waals surface area (Å²) in [4.78, 5) is 3.97. The summed E-state index contributed by atoms with van der Waals surface area (Å²) >= 11 is 0. The Hall–Kier alpha value is -1.29. The molecule has 1 heterocycles. The summed E-state index contributed by atoms with van der Waals surface area (Å²) in [5.74, 6) is 0. The zero-order chi connectivity index (χ0) is 12.2. The highest BCUT2D eigenvalue weighted by atomic mass is 16.3. The zero-order valence-corrected chi connectivity index (χ0v) is 10.2. The van der Waals surface area contributed by atoms with E-state index in [0.29, 0.717) is 12.2 Å². The summed E-state index contributed by atoms with van der Waals surface area (Å²) in [7, 11) is 0. The molecule has 0 bridgehead atoms.